The minimum Gasteiger partial charge on any atom is -0.395 e. The van der Waals surface area contributed by atoms with Crippen molar-refractivity contribution in [2.45, 2.75) is 26.7 Å². The van der Waals surface area contributed by atoms with Crippen LogP contribution in [0.1, 0.15) is 26.7 Å². The lowest BCUT2D eigenvalue weighted by atomic mass is 9.81. The molecule has 0 unspecified atom stereocenters. The van der Waals surface area contributed by atoms with Gasteiger partial charge in [-0.2, -0.15) is 0 Å². The first kappa shape index (κ1) is 15.8. The average Bonchev–Trinajstić information content (AvgIpc) is 2.29. The molecule has 0 aromatic rings. The molecule has 0 aliphatic rings. The minimum atomic E-state index is 0.156. The van der Waals surface area contributed by atoms with Gasteiger partial charge in [0.05, 0.1) is 13.2 Å². The summed E-state index contributed by atoms with van der Waals surface area (Å²) in [5.74, 6) is 0. The van der Waals surface area contributed by atoms with E-state index in [1.54, 1.807) is 0 Å². The highest BCUT2D eigenvalue weighted by molar-refractivity contribution is 4.82. The first-order chi connectivity index (χ1) is 7.67. The van der Waals surface area contributed by atoms with Crippen LogP contribution < -0.4 is 5.32 Å². The Kier molecular flexibility index (Phi) is 8.84. The average molecular weight is 232 g/mol. The maximum absolute atomic E-state index is 9.00. The third kappa shape index (κ3) is 5.25. The molecule has 4 nitrogen and oxygen atoms in total. The van der Waals surface area contributed by atoms with Crippen LogP contribution in [-0.2, 0) is 0 Å². The van der Waals surface area contributed by atoms with Gasteiger partial charge in [-0.25, -0.2) is 0 Å². The molecule has 0 aliphatic carbocycles. The third-order valence-corrected chi connectivity index (χ3v) is 3.44. The molecule has 3 N–H and O–H groups in total. The predicted molar refractivity (Wildman–Crippen MR) is 67.6 cm³/mol. The van der Waals surface area contributed by atoms with Crippen molar-refractivity contribution in [1.82, 2.24) is 10.2 Å². The number of hydrogen-bond acceptors (Lipinski definition) is 4. The van der Waals surface area contributed by atoms with E-state index < -0.39 is 0 Å². The van der Waals surface area contributed by atoms with E-state index in [1.165, 1.54) is 0 Å². The van der Waals surface area contributed by atoms with Gasteiger partial charge in [0.25, 0.3) is 0 Å². The lowest BCUT2D eigenvalue weighted by molar-refractivity contribution is 0.0978. The summed E-state index contributed by atoms with van der Waals surface area (Å²) < 4.78 is 0. The highest BCUT2D eigenvalue weighted by Gasteiger charge is 2.27. The summed E-state index contributed by atoms with van der Waals surface area (Å²) in [5, 5.41) is 21.2. The summed E-state index contributed by atoms with van der Waals surface area (Å²) in [7, 11) is 1.97. The second kappa shape index (κ2) is 8.93. The Morgan fingerprint density at radius 1 is 1.06 bits per heavy atom. The fraction of sp³-hybridized carbons (Fsp3) is 1.00. The van der Waals surface area contributed by atoms with E-state index in [0.717, 1.165) is 25.9 Å². The fourth-order valence-corrected chi connectivity index (χ4v) is 2.18. The number of aliphatic hydroxyl groups is 2. The van der Waals surface area contributed by atoms with Crippen molar-refractivity contribution in [3.63, 3.8) is 0 Å². The zero-order valence-electron chi connectivity index (χ0n) is 11.0. The molecule has 0 atom stereocenters. The normalized spacial score (nSPS) is 12.4. The van der Waals surface area contributed by atoms with Gasteiger partial charge in [-0.15, -0.1) is 0 Å². The van der Waals surface area contributed by atoms with Gasteiger partial charge >= 0.3 is 0 Å². The molecule has 0 fully saturated rings. The molecule has 0 bridgehead atoms. The van der Waals surface area contributed by atoms with Gasteiger partial charge in [0.2, 0.25) is 0 Å². The van der Waals surface area contributed by atoms with Crippen LogP contribution in [0.25, 0.3) is 0 Å². The Morgan fingerprint density at radius 3 is 1.88 bits per heavy atom. The number of rotatable bonds is 10. The van der Waals surface area contributed by atoms with Crippen molar-refractivity contribution in [2.75, 3.05) is 46.4 Å². The van der Waals surface area contributed by atoms with Crippen LogP contribution in [0.3, 0.4) is 0 Å². The Morgan fingerprint density at radius 2 is 1.56 bits per heavy atom. The maximum Gasteiger partial charge on any atom is 0.0558 e. The van der Waals surface area contributed by atoms with Gasteiger partial charge in [-0.05, 0) is 25.3 Å². The quantitative estimate of drug-likeness (QED) is 0.507. The summed E-state index contributed by atoms with van der Waals surface area (Å²) in [6.07, 6.45) is 2.22. The van der Waals surface area contributed by atoms with Gasteiger partial charge in [0.1, 0.15) is 0 Å². The predicted octanol–water partition coefficient (Wildman–Crippen LogP) is 0.299. The molecule has 0 radical (unpaired) electrons. The number of nitrogens with one attached hydrogen (secondary N) is 1. The van der Waals surface area contributed by atoms with E-state index in [9.17, 15) is 0 Å². The van der Waals surface area contributed by atoms with Crippen LogP contribution in [0.15, 0.2) is 0 Å². The summed E-state index contributed by atoms with van der Waals surface area (Å²) >= 11 is 0. The Balaban J connectivity index is 4.41. The minimum absolute atomic E-state index is 0.156. The molecule has 0 heterocycles. The second-order valence-electron chi connectivity index (χ2n) is 4.46. The molecule has 0 spiro atoms. The zero-order valence-corrected chi connectivity index (χ0v) is 11.0. The first-order valence-electron chi connectivity index (χ1n) is 6.26. The fourth-order valence-electron chi connectivity index (χ4n) is 2.18. The van der Waals surface area contributed by atoms with Crippen LogP contribution >= 0.6 is 0 Å². The zero-order chi connectivity index (χ0) is 12.4. The van der Waals surface area contributed by atoms with E-state index in [4.69, 9.17) is 10.2 Å². The van der Waals surface area contributed by atoms with E-state index in [-0.39, 0.29) is 18.6 Å². The lowest BCUT2D eigenvalue weighted by Crippen LogP contribution is -2.44. The molecule has 0 aliphatic heterocycles. The largest absolute Gasteiger partial charge is 0.395 e. The van der Waals surface area contributed by atoms with Gasteiger partial charge in [-0.1, -0.05) is 13.8 Å². The van der Waals surface area contributed by atoms with Crippen molar-refractivity contribution >= 4 is 0 Å². The van der Waals surface area contributed by atoms with Crippen LogP contribution in [0.4, 0.5) is 0 Å². The molecular weight excluding hydrogens is 204 g/mol. The Labute approximate surface area is 99.7 Å². The number of aliphatic hydroxyl groups excluding tert-OH is 2. The molecule has 16 heavy (non-hydrogen) atoms. The van der Waals surface area contributed by atoms with Crippen molar-refractivity contribution in [3.8, 4) is 0 Å². The summed E-state index contributed by atoms with van der Waals surface area (Å²) in [6, 6.07) is 0. The van der Waals surface area contributed by atoms with Crippen molar-refractivity contribution in [1.29, 1.82) is 0 Å². The molecule has 0 aromatic heterocycles. The molecule has 0 amide bonds. The molecule has 0 saturated heterocycles. The smallest absolute Gasteiger partial charge is 0.0558 e. The third-order valence-electron chi connectivity index (χ3n) is 3.44. The molecular formula is C12H28N2O2. The number of hydrogen-bond donors (Lipinski definition) is 3. The number of nitrogens with zero attached hydrogens (tertiary/aromatic N) is 1. The van der Waals surface area contributed by atoms with Gasteiger partial charge in [-0.3, -0.25) is 4.90 Å². The van der Waals surface area contributed by atoms with E-state index in [1.807, 2.05) is 7.05 Å². The molecule has 98 valence electrons. The van der Waals surface area contributed by atoms with Gasteiger partial charge in [0.15, 0.2) is 0 Å². The second-order valence-corrected chi connectivity index (χ2v) is 4.46. The van der Waals surface area contributed by atoms with Crippen molar-refractivity contribution in [3.05, 3.63) is 0 Å². The molecule has 4 heteroatoms. The van der Waals surface area contributed by atoms with E-state index >= 15 is 0 Å². The van der Waals surface area contributed by atoms with Crippen molar-refractivity contribution in [2.24, 2.45) is 5.41 Å². The SMILES string of the molecule is CCC(CC)(CNC)CN(CCO)CCO. The van der Waals surface area contributed by atoms with Crippen molar-refractivity contribution < 1.29 is 10.2 Å². The first-order valence-corrected chi connectivity index (χ1v) is 6.26. The monoisotopic (exact) mass is 232 g/mol. The van der Waals surface area contributed by atoms with Crippen LogP contribution in [0, 0.1) is 5.41 Å². The maximum atomic E-state index is 9.00. The molecule has 0 aromatic carbocycles. The molecule has 0 saturated carbocycles. The standard InChI is InChI=1S/C12H28N2O2/c1-4-12(5-2,10-13-3)11-14(6-8-15)7-9-16/h13,15-16H,4-11H2,1-3H3. The summed E-state index contributed by atoms with van der Waals surface area (Å²) in [4.78, 5) is 2.14. The Hall–Kier alpha value is -0.160. The summed E-state index contributed by atoms with van der Waals surface area (Å²) in [5.41, 5.74) is 0.249. The highest BCUT2D eigenvalue weighted by atomic mass is 16.3. The van der Waals surface area contributed by atoms with Crippen LogP contribution in [0.5, 0.6) is 0 Å². The lowest BCUT2D eigenvalue weighted by Gasteiger charge is -2.37. The van der Waals surface area contributed by atoms with Gasteiger partial charge < -0.3 is 15.5 Å². The highest BCUT2D eigenvalue weighted by Crippen LogP contribution is 2.26. The molecule has 0 rings (SSSR count). The van der Waals surface area contributed by atoms with E-state index in [2.05, 4.69) is 24.1 Å². The van der Waals surface area contributed by atoms with Crippen LogP contribution in [-0.4, -0.2) is 61.6 Å². The van der Waals surface area contributed by atoms with Gasteiger partial charge in [0, 0.05) is 26.2 Å². The van der Waals surface area contributed by atoms with Crippen LogP contribution in [0.2, 0.25) is 0 Å². The topological polar surface area (TPSA) is 55.7 Å². The summed E-state index contributed by atoms with van der Waals surface area (Å²) in [6.45, 7) is 7.92. The Bertz CT molecular complexity index is 155. The van der Waals surface area contributed by atoms with E-state index in [0.29, 0.717) is 13.1 Å².